The first kappa shape index (κ1) is 45.2. The number of carbonyl (C=O) groups is 2. The van der Waals surface area contributed by atoms with Gasteiger partial charge in [-0.2, -0.15) is 0 Å². The molecule has 0 radical (unpaired) electrons. The van der Waals surface area contributed by atoms with E-state index < -0.39 is 17.9 Å². The van der Waals surface area contributed by atoms with Gasteiger partial charge in [-0.15, -0.1) is 0 Å². The van der Waals surface area contributed by atoms with Crippen LogP contribution in [-0.2, 0) is 22.4 Å². The van der Waals surface area contributed by atoms with Crippen LogP contribution in [0.2, 0.25) is 0 Å². The van der Waals surface area contributed by atoms with Crippen LogP contribution in [0.3, 0.4) is 0 Å². The maximum Gasteiger partial charge on any atom is 0.326 e. The summed E-state index contributed by atoms with van der Waals surface area (Å²) in [5.74, 6) is -0.629. The lowest BCUT2D eigenvalue weighted by Crippen LogP contribution is -2.36. The van der Waals surface area contributed by atoms with Crippen LogP contribution in [0.4, 0.5) is 0 Å². The van der Waals surface area contributed by atoms with Crippen molar-refractivity contribution in [1.82, 2.24) is 19.9 Å². The van der Waals surface area contributed by atoms with Gasteiger partial charge in [-0.1, -0.05) is 130 Å². The Balaban J connectivity index is 1.35. The number of carbonyl (C=O) groups excluding carboxylic acids is 2. The highest BCUT2D eigenvalue weighted by Crippen LogP contribution is 2.27. The van der Waals surface area contributed by atoms with E-state index in [0.717, 1.165) is 73.6 Å². The van der Waals surface area contributed by atoms with Crippen molar-refractivity contribution in [2.75, 3.05) is 0 Å². The zero-order chi connectivity index (χ0) is 40.5. The average Bonchev–Trinajstić information content (AvgIpc) is 3.23. The van der Waals surface area contributed by atoms with Gasteiger partial charge < -0.3 is 9.47 Å². The normalized spacial score (nSPS) is 11.8. The van der Waals surface area contributed by atoms with E-state index in [-0.39, 0.29) is 5.92 Å². The lowest BCUT2D eigenvalue weighted by Gasteiger charge is -2.21. The molecule has 0 amide bonds. The van der Waals surface area contributed by atoms with Crippen LogP contribution in [0.1, 0.15) is 161 Å². The number of esters is 2. The molecule has 308 valence electrons. The number of rotatable bonds is 28. The molecule has 0 spiro atoms. The summed E-state index contributed by atoms with van der Waals surface area (Å²) >= 11 is 0. The summed E-state index contributed by atoms with van der Waals surface area (Å²) in [4.78, 5) is 45.8. The maximum absolute atomic E-state index is 13.7. The van der Waals surface area contributed by atoms with Gasteiger partial charge in [0.15, 0.2) is 17.6 Å². The minimum absolute atomic E-state index is 0.263. The molecule has 2 aromatic heterocycles. The molecule has 0 fully saturated rings. The van der Waals surface area contributed by atoms with E-state index >= 15 is 0 Å². The molecular weight excluding hydrogens is 709 g/mol. The van der Waals surface area contributed by atoms with Crippen LogP contribution in [0.5, 0.6) is 11.5 Å². The van der Waals surface area contributed by atoms with E-state index in [0.29, 0.717) is 23.1 Å². The Labute approximate surface area is 343 Å². The van der Waals surface area contributed by atoms with E-state index in [4.69, 9.17) is 9.47 Å². The molecule has 0 aliphatic rings. The molecule has 4 rings (SSSR count). The molecule has 2 aromatic carbocycles. The molecule has 4 aromatic rings. The number of nitrogens with zero attached hydrogens (tertiary/aromatic N) is 4. The van der Waals surface area contributed by atoms with Gasteiger partial charge in [0.1, 0.15) is 11.5 Å². The lowest BCUT2D eigenvalue weighted by atomic mass is 9.89. The molecule has 0 aliphatic heterocycles. The first-order valence-electron chi connectivity index (χ1n) is 22.2. The Morgan fingerprint density at radius 2 is 0.807 bits per heavy atom. The fraction of sp³-hybridized carbons (Fsp3) is 0.551. The molecule has 8 nitrogen and oxygen atoms in total. The number of unbranched alkanes of at least 4 members (excludes halogenated alkanes) is 15. The summed E-state index contributed by atoms with van der Waals surface area (Å²) in [6.07, 6.45) is 32.1. The smallest absolute Gasteiger partial charge is 0.326 e. The van der Waals surface area contributed by atoms with Crippen molar-refractivity contribution in [2.24, 2.45) is 11.8 Å². The van der Waals surface area contributed by atoms with E-state index in [1.807, 2.05) is 56.0 Å². The number of hydrogen-bond donors (Lipinski definition) is 0. The zero-order valence-electron chi connectivity index (χ0n) is 35.4. The van der Waals surface area contributed by atoms with E-state index in [9.17, 15) is 9.59 Å². The third-order valence-electron chi connectivity index (χ3n) is 10.8. The van der Waals surface area contributed by atoms with Crippen LogP contribution >= 0.6 is 0 Å². The predicted molar refractivity (Wildman–Crippen MR) is 231 cm³/mol. The minimum atomic E-state index is -1.08. The number of hydrogen-bond acceptors (Lipinski definition) is 8. The third kappa shape index (κ3) is 16.5. The Morgan fingerprint density at radius 1 is 0.474 bits per heavy atom. The largest absolute Gasteiger partial charge is 0.426 e. The summed E-state index contributed by atoms with van der Waals surface area (Å²) in [6.45, 7) is 8.62. The molecule has 57 heavy (non-hydrogen) atoms. The second-order valence-corrected chi connectivity index (χ2v) is 15.8. The van der Waals surface area contributed by atoms with Crippen LogP contribution in [0.15, 0.2) is 73.3 Å². The van der Waals surface area contributed by atoms with Crippen molar-refractivity contribution in [1.29, 1.82) is 0 Å². The summed E-state index contributed by atoms with van der Waals surface area (Å²) in [7, 11) is 0. The molecule has 0 saturated carbocycles. The number of aromatic nitrogens is 4. The summed E-state index contributed by atoms with van der Waals surface area (Å²) < 4.78 is 11.7. The van der Waals surface area contributed by atoms with Gasteiger partial charge >= 0.3 is 11.9 Å². The van der Waals surface area contributed by atoms with E-state index in [1.165, 1.54) is 83.5 Å². The Morgan fingerprint density at radius 3 is 1.18 bits per heavy atom. The highest BCUT2D eigenvalue weighted by Gasteiger charge is 2.36. The van der Waals surface area contributed by atoms with Crippen LogP contribution in [0, 0.1) is 11.8 Å². The minimum Gasteiger partial charge on any atom is -0.426 e. The van der Waals surface area contributed by atoms with Gasteiger partial charge in [0, 0.05) is 35.9 Å². The molecule has 2 heterocycles. The quantitative estimate of drug-likeness (QED) is 0.0243. The van der Waals surface area contributed by atoms with Gasteiger partial charge in [-0.25, -0.2) is 19.9 Å². The third-order valence-corrected chi connectivity index (χ3v) is 10.8. The SMILES string of the molecule is CCCCCCCCc1cnc(-c2ccc(OC(=O)C(C(=O)Oc3ccc(-c4ncc(CCCCCCCC)cn4)cc3)[C@@H](C)CCCCCCCC)cc2)nc1. The fourth-order valence-corrected chi connectivity index (χ4v) is 7.16. The molecule has 0 saturated heterocycles. The first-order chi connectivity index (χ1) is 27.9. The van der Waals surface area contributed by atoms with Crippen molar-refractivity contribution >= 4 is 11.9 Å². The molecule has 0 bridgehead atoms. The van der Waals surface area contributed by atoms with Crippen LogP contribution < -0.4 is 9.47 Å². The van der Waals surface area contributed by atoms with Crippen LogP contribution in [0.25, 0.3) is 22.8 Å². The molecule has 0 aliphatic carbocycles. The standard InChI is InChI=1S/C49H68N4O4/c1-5-8-11-14-17-20-23-38(4)45(48(54)56-43-30-26-41(27-31-43)46-50-34-39(35-51-46)24-21-18-15-12-9-6-2)49(55)57-44-32-28-42(29-33-44)47-52-36-40(37-53-47)25-22-19-16-13-10-7-3/h26-38,45H,5-25H2,1-4H3/t38-/m0/s1. The maximum atomic E-state index is 13.7. The molecule has 0 N–H and O–H groups in total. The van der Waals surface area contributed by atoms with Gasteiger partial charge in [0.05, 0.1) is 0 Å². The van der Waals surface area contributed by atoms with Gasteiger partial charge in [-0.3, -0.25) is 9.59 Å². The highest BCUT2D eigenvalue weighted by atomic mass is 16.6. The Kier molecular flexibility index (Phi) is 21.0. The van der Waals surface area contributed by atoms with Crippen molar-refractivity contribution in [3.63, 3.8) is 0 Å². The fourth-order valence-electron chi connectivity index (χ4n) is 7.16. The Hall–Kier alpha value is -4.46. The second kappa shape index (κ2) is 26.5. The highest BCUT2D eigenvalue weighted by molar-refractivity contribution is 5.97. The predicted octanol–water partition coefficient (Wildman–Crippen LogP) is 12.9. The monoisotopic (exact) mass is 777 g/mol. The van der Waals surface area contributed by atoms with Crippen molar-refractivity contribution in [3.05, 3.63) is 84.4 Å². The summed E-state index contributed by atoms with van der Waals surface area (Å²) in [5.41, 5.74) is 3.93. The topological polar surface area (TPSA) is 104 Å². The van der Waals surface area contributed by atoms with E-state index in [2.05, 4.69) is 40.7 Å². The Bertz CT molecular complexity index is 1570. The second-order valence-electron chi connectivity index (χ2n) is 15.8. The zero-order valence-corrected chi connectivity index (χ0v) is 35.4. The first-order valence-corrected chi connectivity index (χ1v) is 22.2. The van der Waals surface area contributed by atoms with E-state index in [1.54, 1.807) is 24.3 Å². The average molecular weight is 777 g/mol. The van der Waals surface area contributed by atoms with Gasteiger partial charge in [0.2, 0.25) is 0 Å². The van der Waals surface area contributed by atoms with Crippen molar-refractivity contribution < 1.29 is 19.1 Å². The number of aryl methyl sites for hydroxylation is 2. The molecule has 1 atom stereocenters. The molecule has 8 heteroatoms. The van der Waals surface area contributed by atoms with Crippen molar-refractivity contribution in [2.45, 2.75) is 163 Å². The summed E-state index contributed by atoms with van der Waals surface area (Å²) in [6, 6.07) is 14.3. The summed E-state index contributed by atoms with van der Waals surface area (Å²) in [5, 5.41) is 0. The lowest BCUT2D eigenvalue weighted by molar-refractivity contribution is -0.153. The molecular formula is C49H68N4O4. The van der Waals surface area contributed by atoms with Crippen LogP contribution in [-0.4, -0.2) is 31.9 Å². The van der Waals surface area contributed by atoms with Gasteiger partial charge in [-0.05, 0) is 97.7 Å². The van der Waals surface area contributed by atoms with Gasteiger partial charge in [0.25, 0.3) is 0 Å². The van der Waals surface area contributed by atoms with Crippen molar-refractivity contribution in [3.8, 4) is 34.3 Å². The number of benzene rings is 2. The molecule has 0 unspecified atom stereocenters. The number of ether oxygens (including phenoxy) is 2.